The Bertz CT molecular complexity index is 1380. The van der Waals surface area contributed by atoms with Crippen molar-refractivity contribution in [1.82, 2.24) is 14.5 Å². The Morgan fingerprint density at radius 1 is 1.17 bits per heavy atom. The van der Waals surface area contributed by atoms with Crippen LogP contribution in [0.5, 0.6) is 11.5 Å². The van der Waals surface area contributed by atoms with Crippen molar-refractivity contribution in [2.45, 2.75) is 45.6 Å². The lowest BCUT2D eigenvalue weighted by Crippen LogP contribution is -2.53. The number of amides is 1. The molecule has 0 bridgehead atoms. The fraction of sp³-hybridized carbons (Fsp3) is 0.370. The van der Waals surface area contributed by atoms with E-state index in [0.717, 1.165) is 17.2 Å². The number of fused-ring (bicyclic) bond motifs is 2. The van der Waals surface area contributed by atoms with E-state index in [-0.39, 0.29) is 5.91 Å². The van der Waals surface area contributed by atoms with Gasteiger partial charge in [-0.15, -0.1) is 0 Å². The summed E-state index contributed by atoms with van der Waals surface area (Å²) in [6.45, 7) is 4.28. The van der Waals surface area contributed by atoms with Crippen LogP contribution in [0, 0.1) is 13.8 Å². The van der Waals surface area contributed by atoms with Crippen LogP contribution in [0.2, 0.25) is 0 Å². The summed E-state index contributed by atoms with van der Waals surface area (Å²) in [6.07, 6.45) is 9.61. The van der Waals surface area contributed by atoms with Gasteiger partial charge in [0.25, 0.3) is 5.91 Å². The molecule has 0 radical (unpaired) electrons. The quantitative estimate of drug-likeness (QED) is 0.408. The topological polar surface area (TPSA) is 123 Å². The second kappa shape index (κ2) is 10.9. The minimum absolute atomic E-state index is 0.136. The Kier molecular flexibility index (Phi) is 7.71. The van der Waals surface area contributed by atoms with Gasteiger partial charge < -0.3 is 24.9 Å². The number of aromatic nitrogens is 2. The predicted molar refractivity (Wildman–Crippen MR) is 137 cm³/mol. The third-order valence-corrected chi connectivity index (χ3v) is 6.50. The summed E-state index contributed by atoms with van der Waals surface area (Å²) in [4.78, 5) is 25.6. The summed E-state index contributed by atoms with van der Waals surface area (Å²) in [7, 11) is 1.50. The minimum Gasteiger partial charge on any atom is -0.460 e. The Balaban J connectivity index is 0.000000454. The van der Waals surface area contributed by atoms with Crippen LogP contribution in [0.1, 0.15) is 57.7 Å². The molecule has 36 heavy (non-hydrogen) atoms. The van der Waals surface area contributed by atoms with E-state index >= 15 is 0 Å². The number of nitrogens with two attached hydrogens (primary N) is 1. The molecule has 0 spiro atoms. The fourth-order valence-electron chi connectivity index (χ4n) is 4.12. The summed E-state index contributed by atoms with van der Waals surface area (Å²) >= 11 is 0. The van der Waals surface area contributed by atoms with Crippen molar-refractivity contribution in [3.8, 4) is 11.5 Å². The monoisotopic (exact) mass is 492 g/mol. The van der Waals surface area contributed by atoms with E-state index in [2.05, 4.69) is 10.8 Å². The average Bonchev–Trinajstić information content (AvgIpc) is 3.32. The number of carbonyl (C=O) groups excluding carboxylic acids is 2. The van der Waals surface area contributed by atoms with Gasteiger partial charge in [0.2, 0.25) is 0 Å². The molecule has 1 aliphatic carbocycles. The Hall–Kier alpha value is -3.69. The van der Waals surface area contributed by atoms with E-state index in [1.807, 2.05) is 6.92 Å². The lowest BCUT2D eigenvalue weighted by Gasteiger charge is -2.35. The van der Waals surface area contributed by atoms with Crippen LogP contribution in [0.4, 0.5) is 0 Å². The summed E-state index contributed by atoms with van der Waals surface area (Å²) < 4.78 is 13.4. The highest BCUT2D eigenvalue weighted by Gasteiger charge is 2.31. The molecule has 2 fully saturated rings. The lowest BCUT2D eigenvalue weighted by molar-refractivity contribution is 0.00585. The van der Waals surface area contributed by atoms with Crippen LogP contribution in [0.3, 0.4) is 0 Å². The van der Waals surface area contributed by atoms with Gasteiger partial charge in [-0.1, -0.05) is 25.7 Å². The highest BCUT2D eigenvalue weighted by molar-refractivity contribution is 5.99. The van der Waals surface area contributed by atoms with Gasteiger partial charge in [-0.25, -0.2) is 4.52 Å². The van der Waals surface area contributed by atoms with E-state index in [0.29, 0.717) is 52.6 Å². The van der Waals surface area contributed by atoms with Crippen molar-refractivity contribution < 1.29 is 23.8 Å². The molecule has 1 aromatic carbocycles. The van der Waals surface area contributed by atoms with Crippen molar-refractivity contribution in [2.75, 3.05) is 20.1 Å². The summed E-state index contributed by atoms with van der Waals surface area (Å²) in [5, 5.41) is 14.5. The number of aliphatic hydroxyl groups is 1. The number of aryl methyl sites for hydroxylation is 2. The number of aliphatic hydroxyl groups excluding tert-OH is 1. The first-order chi connectivity index (χ1) is 17.5. The minimum atomic E-state index is -0.455. The van der Waals surface area contributed by atoms with Crippen LogP contribution < -0.4 is 10.5 Å². The zero-order valence-corrected chi connectivity index (χ0v) is 20.9. The second-order valence-corrected chi connectivity index (χ2v) is 8.88. The first-order valence-corrected chi connectivity index (χ1v) is 12.1. The molecular weight excluding hydrogens is 460 g/mol. The molecule has 1 aliphatic heterocycles. The van der Waals surface area contributed by atoms with Crippen LogP contribution in [-0.4, -0.2) is 58.1 Å². The normalized spacial score (nSPS) is 14.8. The predicted octanol–water partition coefficient (Wildman–Crippen LogP) is 4.25. The van der Waals surface area contributed by atoms with Crippen molar-refractivity contribution in [3.05, 3.63) is 59.1 Å². The number of likely N-dealkylation sites (tertiary alicyclic amines) is 1. The molecule has 9 heteroatoms. The van der Waals surface area contributed by atoms with E-state index in [9.17, 15) is 14.7 Å². The molecule has 1 saturated heterocycles. The third kappa shape index (κ3) is 4.84. The molecule has 2 aliphatic rings. The molecule has 4 aromatic rings. The van der Waals surface area contributed by atoms with E-state index in [1.54, 1.807) is 53.0 Å². The van der Waals surface area contributed by atoms with Crippen LogP contribution in [0.15, 0.2) is 41.1 Å². The van der Waals surface area contributed by atoms with Gasteiger partial charge in [0.05, 0.1) is 23.4 Å². The number of hydrogen-bond acceptors (Lipinski definition) is 7. The largest absolute Gasteiger partial charge is 0.460 e. The Labute approximate surface area is 209 Å². The van der Waals surface area contributed by atoms with Crippen molar-refractivity contribution in [2.24, 2.45) is 5.73 Å². The van der Waals surface area contributed by atoms with Crippen molar-refractivity contribution >= 4 is 28.7 Å². The molecule has 1 amide bonds. The smallest absolute Gasteiger partial charge is 0.255 e. The van der Waals surface area contributed by atoms with Crippen LogP contribution >= 0.6 is 0 Å². The molecule has 3 aromatic heterocycles. The highest BCUT2D eigenvalue weighted by Crippen LogP contribution is 2.34. The second-order valence-electron chi connectivity index (χ2n) is 8.88. The molecule has 9 nitrogen and oxygen atoms in total. The third-order valence-electron chi connectivity index (χ3n) is 6.50. The summed E-state index contributed by atoms with van der Waals surface area (Å²) in [5.74, 6) is 1.51. The number of aldehydes is 1. The van der Waals surface area contributed by atoms with E-state index < -0.39 is 6.10 Å². The maximum atomic E-state index is 12.7. The van der Waals surface area contributed by atoms with Gasteiger partial charge in [0, 0.05) is 36.8 Å². The molecular formula is C27H32N4O5. The van der Waals surface area contributed by atoms with Gasteiger partial charge in [-0.2, -0.15) is 5.10 Å². The molecule has 6 rings (SSSR count). The number of carbonyl (C=O) groups is 2. The van der Waals surface area contributed by atoms with Gasteiger partial charge in [0.1, 0.15) is 22.6 Å². The molecule has 4 heterocycles. The standard InChI is InChI=1S/C22H19N3O5.C4H8.CH5N/c1-12-17(22(28)24-8-14(27)9-24)10-25-21(12)19(5-6-23-25)30-15-3-4-16-18(11-26)13(2)29-20(16)7-15;1-2-4-3-1;1-2/h3-7,10-11,14,27H,8-9H2,1-2H3;1-4H2;2H2,1H3. The van der Waals surface area contributed by atoms with Gasteiger partial charge in [-0.05, 0) is 38.6 Å². The molecule has 190 valence electrons. The Morgan fingerprint density at radius 2 is 1.86 bits per heavy atom. The molecule has 1 saturated carbocycles. The maximum absolute atomic E-state index is 12.7. The lowest BCUT2D eigenvalue weighted by atomic mass is 10.0. The van der Waals surface area contributed by atoms with E-state index in [1.165, 1.54) is 32.7 Å². The first kappa shape index (κ1) is 25.4. The molecule has 0 atom stereocenters. The summed E-state index contributed by atoms with van der Waals surface area (Å²) in [6, 6.07) is 7.03. The zero-order valence-electron chi connectivity index (χ0n) is 20.9. The molecule has 3 N–H and O–H groups in total. The van der Waals surface area contributed by atoms with Crippen molar-refractivity contribution in [3.63, 3.8) is 0 Å². The molecule has 0 unspecified atom stereocenters. The fourth-order valence-corrected chi connectivity index (χ4v) is 4.12. The summed E-state index contributed by atoms with van der Waals surface area (Å²) in [5.41, 5.74) is 7.56. The number of benzene rings is 1. The zero-order chi connectivity index (χ0) is 25.8. The Morgan fingerprint density at radius 3 is 2.47 bits per heavy atom. The number of ether oxygens (including phenoxy) is 1. The van der Waals surface area contributed by atoms with Crippen molar-refractivity contribution in [1.29, 1.82) is 0 Å². The number of furan rings is 1. The van der Waals surface area contributed by atoms with E-state index in [4.69, 9.17) is 9.15 Å². The average molecular weight is 493 g/mol. The van der Waals surface area contributed by atoms with Crippen LogP contribution in [-0.2, 0) is 0 Å². The van der Waals surface area contributed by atoms with Crippen LogP contribution in [0.25, 0.3) is 16.5 Å². The van der Waals surface area contributed by atoms with Gasteiger partial charge in [-0.3, -0.25) is 9.59 Å². The first-order valence-electron chi connectivity index (χ1n) is 12.1. The SMILES string of the molecule is C1CCC1.CN.Cc1oc2cc(Oc3ccnn4cc(C(=O)N5CC(O)C5)c(C)c34)ccc2c1C=O. The number of rotatable bonds is 4. The maximum Gasteiger partial charge on any atom is 0.255 e. The van der Waals surface area contributed by atoms with Gasteiger partial charge in [0.15, 0.2) is 12.0 Å². The van der Waals surface area contributed by atoms with Gasteiger partial charge >= 0.3 is 0 Å². The number of β-amino-alcohol motifs (C(OH)–C–C–N with tert-alkyl or cyclic N) is 1. The number of nitrogens with zero attached hydrogens (tertiary/aromatic N) is 3. The highest BCUT2D eigenvalue weighted by atomic mass is 16.5. The number of hydrogen-bond donors (Lipinski definition) is 2.